The molecule has 2 atom stereocenters. The maximum atomic E-state index is 11.5. The first-order chi connectivity index (χ1) is 9.22. The summed E-state index contributed by atoms with van der Waals surface area (Å²) in [5.74, 6) is 2.05. The summed E-state index contributed by atoms with van der Waals surface area (Å²) in [6.45, 7) is 5.07. The van der Waals surface area contributed by atoms with Crippen molar-refractivity contribution in [3.05, 3.63) is 0 Å². The molecule has 19 heavy (non-hydrogen) atoms. The topological polar surface area (TPSA) is 26.3 Å². The number of rotatable bonds is 10. The number of esters is 1. The van der Waals surface area contributed by atoms with Crippen molar-refractivity contribution in [1.82, 2.24) is 0 Å². The van der Waals surface area contributed by atoms with Gasteiger partial charge in [-0.1, -0.05) is 48.3 Å². The molecule has 0 amide bonds. The summed E-state index contributed by atoms with van der Waals surface area (Å²) >= 11 is 0. The first-order valence-corrected chi connectivity index (χ1v) is 10.0. The van der Waals surface area contributed by atoms with Crippen LogP contribution in [0.5, 0.6) is 0 Å². The van der Waals surface area contributed by atoms with Crippen molar-refractivity contribution in [1.29, 1.82) is 0 Å². The third-order valence-corrected chi connectivity index (χ3v) is 6.69. The van der Waals surface area contributed by atoms with E-state index in [1.165, 1.54) is 37.9 Å². The Labute approximate surface area is 126 Å². The highest BCUT2D eigenvalue weighted by atomic mass is 33.1. The third kappa shape index (κ3) is 8.85. The van der Waals surface area contributed by atoms with Crippen LogP contribution in [0.25, 0.3) is 0 Å². The predicted molar refractivity (Wildman–Crippen MR) is 86.6 cm³/mol. The van der Waals surface area contributed by atoms with Crippen LogP contribution < -0.4 is 0 Å². The van der Waals surface area contributed by atoms with Crippen LogP contribution in [-0.4, -0.2) is 23.6 Å². The second kappa shape index (κ2) is 10.9. The van der Waals surface area contributed by atoms with E-state index in [1.807, 2.05) is 21.6 Å². The molecule has 0 radical (unpaired) electrons. The molecule has 0 aliphatic carbocycles. The Bertz CT molecular complexity index is 240. The van der Waals surface area contributed by atoms with E-state index in [0.29, 0.717) is 13.0 Å². The lowest BCUT2D eigenvalue weighted by molar-refractivity contribution is -0.143. The average Bonchev–Trinajstić information content (AvgIpc) is 2.92. The molecule has 2 nitrogen and oxygen atoms in total. The highest BCUT2D eigenvalue weighted by molar-refractivity contribution is 8.77. The van der Waals surface area contributed by atoms with Gasteiger partial charge in [0.05, 0.1) is 6.61 Å². The van der Waals surface area contributed by atoms with Crippen LogP contribution in [0.4, 0.5) is 0 Å². The van der Waals surface area contributed by atoms with Crippen molar-refractivity contribution < 1.29 is 9.53 Å². The van der Waals surface area contributed by atoms with Gasteiger partial charge >= 0.3 is 5.97 Å². The normalized spacial score (nSPS) is 20.4. The number of hydrogen-bond donors (Lipinski definition) is 0. The smallest absolute Gasteiger partial charge is 0.305 e. The SMILES string of the molecule is CCC(C)CCCOC(=O)CCCCC1CCSS1. The number of hydrogen-bond acceptors (Lipinski definition) is 4. The molecule has 112 valence electrons. The Hall–Kier alpha value is 0.170. The lowest BCUT2D eigenvalue weighted by Crippen LogP contribution is -2.07. The number of unbranched alkanes of at least 4 members (excludes halogenated alkanes) is 1. The van der Waals surface area contributed by atoms with Crippen molar-refractivity contribution in [3.8, 4) is 0 Å². The van der Waals surface area contributed by atoms with Crippen LogP contribution >= 0.6 is 21.6 Å². The van der Waals surface area contributed by atoms with Gasteiger partial charge in [-0.05, 0) is 38.0 Å². The van der Waals surface area contributed by atoms with E-state index >= 15 is 0 Å². The van der Waals surface area contributed by atoms with Crippen molar-refractivity contribution in [2.45, 2.75) is 70.5 Å². The van der Waals surface area contributed by atoms with Crippen molar-refractivity contribution in [2.24, 2.45) is 5.92 Å². The van der Waals surface area contributed by atoms with Gasteiger partial charge in [0.25, 0.3) is 0 Å². The molecule has 0 N–H and O–H groups in total. The molecule has 0 bridgehead atoms. The van der Waals surface area contributed by atoms with Gasteiger partial charge < -0.3 is 4.74 Å². The molecule has 0 saturated carbocycles. The molecule has 4 heteroatoms. The minimum atomic E-state index is -0.00222. The first kappa shape index (κ1) is 17.2. The molecule has 0 aromatic carbocycles. The molecular formula is C15H28O2S2. The Morgan fingerprint density at radius 3 is 2.89 bits per heavy atom. The van der Waals surface area contributed by atoms with Gasteiger partial charge in [-0.3, -0.25) is 4.79 Å². The Morgan fingerprint density at radius 1 is 1.37 bits per heavy atom. The summed E-state index contributed by atoms with van der Waals surface area (Å²) < 4.78 is 5.26. The van der Waals surface area contributed by atoms with E-state index in [-0.39, 0.29) is 5.97 Å². The minimum absolute atomic E-state index is 0.00222. The first-order valence-electron chi connectivity index (χ1n) is 7.66. The number of ether oxygens (including phenoxy) is 1. The zero-order valence-corrected chi connectivity index (χ0v) is 14.0. The van der Waals surface area contributed by atoms with E-state index in [1.54, 1.807) is 0 Å². The monoisotopic (exact) mass is 304 g/mol. The van der Waals surface area contributed by atoms with Gasteiger partial charge in [0.1, 0.15) is 0 Å². The van der Waals surface area contributed by atoms with Gasteiger partial charge in [-0.2, -0.15) is 0 Å². The van der Waals surface area contributed by atoms with Crippen molar-refractivity contribution in [2.75, 3.05) is 12.4 Å². The molecular weight excluding hydrogens is 276 g/mol. The maximum Gasteiger partial charge on any atom is 0.305 e. The van der Waals surface area contributed by atoms with Crippen LogP contribution in [0, 0.1) is 5.92 Å². The minimum Gasteiger partial charge on any atom is -0.466 e. The fourth-order valence-corrected chi connectivity index (χ4v) is 5.13. The summed E-state index contributed by atoms with van der Waals surface area (Å²) in [4.78, 5) is 11.5. The Balaban J connectivity index is 1.87. The average molecular weight is 305 g/mol. The van der Waals surface area contributed by atoms with Crippen LogP contribution in [0.3, 0.4) is 0 Å². The lowest BCUT2D eigenvalue weighted by atomic mass is 10.0. The Kier molecular flexibility index (Phi) is 9.88. The van der Waals surface area contributed by atoms with Gasteiger partial charge in [-0.15, -0.1) is 0 Å². The molecule has 0 aromatic rings. The highest BCUT2D eigenvalue weighted by Crippen LogP contribution is 2.39. The van der Waals surface area contributed by atoms with E-state index in [0.717, 1.165) is 24.0 Å². The molecule has 1 aliphatic rings. The van der Waals surface area contributed by atoms with Gasteiger partial charge in [-0.25, -0.2) is 0 Å². The maximum absolute atomic E-state index is 11.5. The second-order valence-electron chi connectivity index (χ2n) is 5.45. The van der Waals surface area contributed by atoms with Crippen LogP contribution in [0.1, 0.15) is 65.2 Å². The van der Waals surface area contributed by atoms with E-state index in [4.69, 9.17) is 4.74 Å². The van der Waals surface area contributed by atoms with Crippen LogP contribution in [0.15, 0.2) is 0 Å². The van der Waals surface area contributed by atoms with Crippen molar-refractivity contribution >= 4 is 27.6 Å². The third-order valence-electron chi connectivity index (χ3n) is 3.69. The summed E-state index contributed by atoms with van der Waals surface area (Å²) in [5, 5.41) is 0.830. The van der Waals surface area contributed by atoms with E-state index < -0.39 is 0 Å². The number of carbonyl (C=O) groups is 1. The molecule has 2 unspecified atom stereocenters. The zero-order valence-electron chi connectivity index (χ0n) is 12.4. The van der Waals surface area contributed by atoms with Gasteiger partial charge in [0, 0.05) is 17.4 Å². The predicted octanol–water partition coefficient (Wildman–Crippen LogP) is 5.07. The van der Waals surface area contributed by atoms with Gasteiger partial charge in [0.15, 0.2) is 0 Å². The quantitative estimate of drug-likeness (QED) is 0.320. The molecule has 1 rings (SSSR count). The fraction of sp³-hybridized carbons (Fsp3) is 0.933. The van der Waals surface area contributed by atoms with E-state index in [9.17, 15) is 4.79 Å². The van der Waals surface area contributed by atoms with Gasteiger partial charge in [0.2, 0.25) is 0 Å². The summed E-state index contributed by atoms with van der Waals surface area (Å²) in [5.41, 5.74) is 0. The summed E-state index contributed by atoms with van der Waals surface area (Å²) in [6, 6.07) is 0. The van der Waals surface area contributed by atoms with Crippen LogP contribution in [-0.2, 0) is 9.53 Å². The summed E-state index contributed by atoms with van der Waals surface area (Å²) in [7, 11) is 4.01. The summed E-state index contributed by atoms with van der Waals surface area (Å²) in [6.07, 6.45) is 8.76. The number of carbonyl (C=O) groups excluding carboxylic acids is 1. The molecule has 0 aromatic heterocycles. The lowest BCUT2D eigenvalue weighted by Gasteiger charge is -2.09. The molecule has 1 aliphatic heterocycles. The molecule has 1 saturated heterocycles. The largest absolute Gasteiger partial charge is 0.466 e. The zero-order chi connectivity index (χ0) is 13.9. The molecule has 1 fully saturated rings. The molecule has 0 spiro atoms. The standard InChI is InChI=1S/C15H28O2S2/c1-3-13(2)7-6-11-17-15(16)9-5-4-8-14-10-12-18-19-14/h13-14H,3-12H2,1-2H3. The second-order valence-corrected chi connectivity index (χ2v) is 8.24. The Morgan fingerprint density at radius 2 is 2.21 bits per heavy atom. The van der Waals surface area contributed by atoms with Crippen LogP contribution in [0.2, 0.25) is 0 Å². The van der Waals surface area contributed by atoms with Crippen molar-refractivity contribution in [3.63, 3.8) is 0 Å². The fourth-order valence-electron chi connectivity index (χ4n) is 2.10. The highest BCUT2D eigenvalue weighted by Gasteiger charge is 2.15. The molecule has 1 heterocycles. The van der Waals surface area contributed by atoms with E-state index in [2.05, 4.69) is 13.8 Å².